The fraction of sp³-hybridized carbons (Fsp3) is 0.136. The highest BCUT2D eigenvalue weighted by Gasteiger charge is 2.02. The number of aromatic amines is 1. The van der Waals surface area contributed by atoms with Crippen molar-refractivity contribution in [1.29, 1.82) is 0 Å². The Kier molecular flexibility index (Phi) is 5.92. The van der Waals surface area contributed by atoms with Crippen LogP contribution in [0.4, 0.5) is 0 Å². The van der Waals surface area contributed by atoms with E-state index >= 15 is 0 Å². The molecule has 0 aliphatic carbocycles. The van der Waals surface area contributed by atoms with E-state index in [1.807, 2.05) is 30.3 Å². The van der Waals surface area contributed by atoms with Crippen LogP contribution in [0.2, 0.25) is 0 Å². The van der Waals surface area contributed by atoms with Crippen molar-refractivity contribution in [2.75, 3.05) is 6.54 Å². The molecule has 0 aliphatic rings. The lowest BCUT2D eigenvalue weighted by Gasteiger charge is -2.08. The van der Waals surface area contributed by atoms with Gasteiger partial charge in [-0.05, 0) is 60.5 Å². The Labute approximate surface area is 168 Å². The van der Waals surface area contributed by atoms with Crippen molar-refractivity contribution in [3.05, 3.63) is 84.2 Å². The molecule has 0 spiro atoms. The number of aromatic nitrogens is 2. The number of quaternary nitrogens is 1. The maximum absolute atomic E-state index is 5.94. The number of fused-ring (bicyclic) bond motifs is 1. The molecule has 0 bridgehead atoms. The number of ether oxygens (including phenoxy) is 1. The number of imidazole rings is 1. The third kappa shape index (κ3) is 4.72. The number of nitrogens with zero attached hydrogens (tertiary/aromatic N) is 1. The highest BCUT2D eigenvalue weighted by Crippen LogP contribution is 2.24. The minimum absolute atomic E-state index is 0.797. The molecule has 5 nitrogen and oxygen atoms in total. The number of benzene rings is 3. The topological polar surface area (TPSA) is 77.6 Å². The van der Waals surface area contributed by atoms with Crippen LogP contribution in [0.1, 0.15) is 11.1 Å². The van der Waals surface area contributed by atoms with Crippen LogP contribution in [0.5, 0.6) is 11.5 Å². The lowest BCUT2D eigenvalue weighted by molar-refractivity contribution is -0.137. The minimum atomic E-state index is 0.797. The number of hydrogen-bond donors (Lipinski definition) is 3. The zero-order valence-electron chi connectivity index (χ0n) is 15.5. The normalized spacial score (nSPS) is 11.0. The summed E-state index contributed by atoms with van der Waals surface area (Å²) in [6.07, 6.45) is 2.70. The molecule has 4 rings (SSSR count). The van der Waals surface area contributed by atoms with Crippen LogP contribution < -0.4 is 15.2 Å². The Morgan fingerprint density at radius 1 is 0.929 bits per heavy atom. The zero-order valence-corrected chi connectivity index (χ0v) is 16.3. The van der Waals surface area contributed by atoms with Crippen LogP contribution in [0, 0.1) is 0 Å². The smallest absolute Gasteiger partial charge is 0.129 e. The van der Waals surface area contributed by atoms with Crippen molar-refractivity contribution in [1.82, 2.24) is 15.3 Å². The Morgan fingerprint density at radius 3 is 2.46 bits per heavy atom. The number of nitrogens with one attached hydrogen (secondary N) is 2. The van der Waals surface area contributed by atoms with Crippen molar-refractivity contribution in [2.24, 2.45) is 0 Å². The molecule has 142 valence electrons. The minimum Gasteiger partial charge on any atom is -0.457 e. The van der Waals surface area contributed by atoms with E-state index in [0.29, 0.717) is 0 Å². The fourth-order valence-corrected chi connectivity index (χ4v) is 3.34. The van der Waals surface area contributed by atoms with E-state index in [1.165, 1.54) is 28.0 Å². The molecule has 6 heteroatoms. The van der Waals surface area contributed by atoms with E-state index in [1.54, 1.807) is 6.33 Å². The van der Waals surface area contributed by atoms with Crippen molar-refractivity contribution >= 4 is 23.0 Å². The monoisotopic (exact) mass is 391 g/mol. The molecule has 5 N–H and O–H groups in total. The van der Waals surface area contributed by atoms with Gasteiger partial charge < -0.3 is 15.0 Å². The maximum Gasteiger partial charge on any atom is 0.129 e. The Balaban J connectivity index is 1.25. The van der Waals surface area contributed by atoms with E-state index in [0.717, 1.165) is 42.0 Å². The molecule has 0 amide bonds. The largest absolute Gasteiger partial charge is 0.457 e. The van der Waals surface area contributed by atoms with Crippen LogP contribution in [0.3, 0.4) is 0 Å². The van der Waals surface area contributed by atoms with E-state index in [9.17, 15) is 0 Å². The molecule has 3 aromatic carbocycles. The van der Waals surface area contributed by atoms with Crippen LogP contribution in [0.25, 0.3) is 11.0 Å². The maximum atomic E-state index is 5.94. The lowest BCUT2D eigenvalue weighted by atomic mass is 10.1. The summed E-state index contributed by atoms with van der Waals surface area (Å²) in [5.41, 5.74) is 4.48. The molecule has 0 saturated heterocycles. The first kappa shape index (κ1) is 18.6. The molecule has 0 fully saturated rings. The summed E-state index contributed by atoms with van der Waals surface area (Å²) in [6.45, 7) is 1.78. The molecule has 4 aromatic rings. The van der Waals surface area contributed by atoms with Gasteiger partial charge in [0.25, 0.3) is 0 Å². The molecule has 28 heavy (non-hydrogen) atoms. The summed E-state index contributed by atoms with van der Waals surface area (Å²) in [6, 6.07) is 22.6. The summed E-state index contributed by atoms with van der Waals surface area (Å²) in [7, 11) is 0. The van der Waals surface area contributed by atoms with Gasteiger partial charge in [-0.2, -0.15) is 0 Å². The number of H-pyrrole nitrogens is 1. The van der Waals surface area contributed by atoms with Gasteiger partial charge in [-0.15, -0.1) is 0 Å². The van der Waals surface area contributed by atoms with Gasteiger partial charge in [0.1, 0.15) is 23.4 Å². The summed E-state index contributed by atoms with van der Waals surface area (Å²) in [5, 5.41) is 7.32. The van der Waals surface area contributed by atoms with Crippen LogP contribution in [0.15, 0.2) is 78.0 Å². The first-order valence-electron chi connectivity index (χ1n) is 9.22. The van der Waals surface area contributed by atoms with Gasteiger partial charge in [-0.1, -0.05) is 24.3 Å². The van der Waals surface area contributed by atoms with Gasteiger partial charge in [0.05, 0.1) is 22.3 Å². The molecule has 1 aromatic heterocycles. The Bertz CT molecular complexity index is 1030. The van der Waals surface area contributed by atoms with Crippen molar-refractivity contribution in [3.63, 3.8) is 0 Å². The van der Waals surface area contributed by atoms with Crippen molar-refractivity contribution in [2.45, 2.75) is 17.9 Å². The molecule has 0 unspecified atom stereocenters. The van der Waals surface area contributed by atoms with E-state index < -0.39 is 0 Å². The summed E-state index contributed by atoms with van der Waals surface area (Å²) < 4.78 is 5.94. The van der Waals surface area contributed by atoms with Gasteiger partial charge in [0.15, 0.2) is 0 Å². The van der Waals surface area contributed by atoms with Crippen LogP contribution in [-0.2, 0) is 13.0 Å². The predicted molar refractivity (Wildman–Crippen MR) is 113 cm³/mol. The molecule has 0 saturated carbocycles. The summed E-state index contributed by atoms with van der Waals surface area (Å²) >= 11 is 1.53. The van der Waals surface area contributed by atoms with Gasteiger partial charge in [0, 0.05) is 12.6 Å². The lowest BCUT2D eigenvalue weighted by Crippen LogP contribution is -2.35. The highest BCUT2D eigenvalue weighted by molar-refractivity contribution is 7.92. The Hall–Kier alpha value is -2.80. The first-order chi connectivity index (χ1) is 13.8. The summed E-state index contributed by atoms with van der Waals surface area (Å²) in [5.74, 6) is 1.62. The summed E-state index contributed by atoms with van der Waals surface area (Å²) in [4.78, 5) is 8.51. The van der Waals surface area contributed by atoms with E-state index in [2.05, 4.69) is 56.8 Å². The van der Waals surface area contributed by atoms with E-state index in [-0.39, 0.29) is 0 Å². The molecule has 0 aliphatic heterocycles. The SMILES string of the molecule is [NH3+]Sc1ccc(CCNCc2ccc(Oc3ccc4nc[nH]c4c3)cc2)cc1. The Morgan fingerprint density at radius 2 is 1.68 bits per heavy atom. The van der Waals surface area contributed by atoms with Gasteiger partial charge in [-0.3, -0.25) is 5.14 Å². The zero-order chi connectivity index (χ0) is 19.2. The van der Waals surface area contributed by atoms with Gasteiger partial charge in [0.2, 0.25) is 0 Å². The second-order valence-electron chi connectivity index (χ2n) is 6.54. The average Bonchev–Trinajstić information content (AvgIpc) is 3.21. The molecule has 0 radical (unpaired) electrons. The molecular weight excluding hydrogens is 368 g/mol. The predicted octanol–water partition coefficient (Wildman–Crippen LogP) is 3.94. The molecule has 1 heterocycles. The second kappa shape index (κ2) is 8.93. The van der Waals surface area contributed by atoms with E-state index in [4.69, 9.17) is 4.74 Å². The third-order valence-corrected chi connectivity index (χ3v) is 5.17. The van der Waals surface area contributed by atoms with Crippen molar-refractivity contribution in [3.8, 4) is 11.5 Å². The van der Waals surface area contributed by atoms with Crippen LogP contribution in [-0.4, -0.2) is 16.5 Å². The van der Waals surface area contributed by atoms with Crippen molar-refractivity contribution < 1.29 is 9.88 Å². The number of rotatable bonds is 8. The quantitative estimate of drug-likeness (QED) is 0.314. The van der Waals surface area contributed by atoms with Gasteiger partial charge in [-0.25, -0.2) is 4.98 Å². The second-order valence-corrected chi connectivity index (χ2v) is 7.30. The third-order valence-electron chi connectivity index (χ3n) is 4.56. The standard InChI is InChI=1S/C22H22N4OS/c23-28-20-8-3-16(4-9-20)11-12-24-14-17-1-5-18(6-2-17)27-19-7-10-21-22(13-19)26-15-25-21/h1-10,13,15,24H,11-12,14,23H2,(H,25,26)/p+1. The average molecular weight is 392 g/mol. The van der Waals surface area contributed by atoms with Crippen LogP contribution >= 0.6 is 11.9 Å². The molecular formula is C22H23N4OS+. The first-order valence-corrected chi connectivity index (χ1v) is 10.2. The number of hydrogen-bond acceptors (Lipinski definition) is 4. The van der Waals surface area contributed by atoms with Gasteiger partial charge >= 0.3 is 0 Å². The fourth-order valence-electron chi connectivity index (χ4n) is 3.01. The highest BCUT2D eigenvalue weighted by atomic mass is 32.2. The molecule has 0 atom stereocenters.